The third kappa shape index (κ3) is 4.01. The second kappa shape index (κ2) is 5.84. The van der Waals surface area contributed by atoms with Gasteiger partial charge >= 0.3 is 6.09 Å². The first kappa shape index (κ1) is 17.3. The van der Waals surface area contributed by atoms with E-state index >= 15 is 0 Å². The second-order valence-corrected chi connectivity index (χ2v) is 7.68. The molecule has 0 saturated carbocycles. The minimum Gasteiger partial charge on any atom is -0.443 e. The van der Waals surface area contributed by atoms with Gasteiger partial charge in [-0.05, 0) is 62.7 Å². The third-order valence-corrected chi connectivity index (χ3v) is 3.37. The first-order valence-corrected chi connectivity index (χ1v) is 7.70. The minimum absolute atomic E-state index is 0.227. The van der Waals surface area contributed by atoms with E-state index in [4.69, 9.17) is 4.74 Å². The lowest BCUT2D eigenvalue weighted by Gasteiger charge is -2.25. The fraction of sp³-hybridized carbons (Fsp3) is 0.421. The van der Waals surface area contributed by atoms with E-state index in [1.165, 1.54) is 12.1 Å². The van der Waals surface area contributed by atoms with Gasteiger partial charge in [0.05, 0.1) is 5.69 Å². The molecule has 1 heterocycles. The summed E-state index contributed by atoms with van der Waals surface area (Å²) in [4.78, 5) is 12.7. The van der Waals surface area contributed by atoms with Gasteiger partial charge in [0.2, 0.25) is 0 Å². The highest BCUT2D eigenvalue weighted by Gasteiger charge is 2.27. The molecule has 0 bridgehead atoms. The fourth-order valence-electron chi connectivity index (χ4n) is 2.37. The molecular formula is C19H24FNO2. The molecule has 0 N–H and O–H groups in total. The van der Waals surface area contributed by atoms with Crippen LogP contribution in [0.2, 0.25) is 0 Å². The number of hydrogen-bond donors (Lipinski definition) is 0. The predicted molar refractivity (Wildman–Crippen MR) is 90.2 cm³/mol. The molecule has 0 amide bonds. The molecule has 3 nitrogen and oxygen atoms in total. The maximum atomic E-state index is 13.2. The standard InChI is InChI=1S/C19H24FNO2/c1-18(2,3)16-12-11-15(13-7-9-14(20)10-8-13)21(16)17(22)23-19(4,5)6/h7-12H,1-6H3. The molecule has 0 atom stereocenters. The molecule has 0 spiro atoms. The number of carbonyl (C=O) groups excluding carboxylic acids is 1. The topological polar surface area (TPSA) is 31.2 Å². The highest BCUT2D eigenvalue weighted by molar-refractivity contribution is 5.80. The maximum Gasteiger partial charge on any atom is 0.419 e. The number of carbonyl (C=O) groups is 1. The van der Waals surface area contributed by atoms with Crippen LogP contribution in [0, 0.1) is 5.82 Å². The lowest BCUT2D eigenvalue weighted by Crippen LogP contribution is -2.30. The second-order valence-electron chi connectivity index (χ2n) is 7.68. The van der Waals surface area contributed by atoms with E-state index in [0.29, 0.717) is 5.69 Å². The van der Waals surface area contributed by atoms with E-state index in [-0.39, 0.29) is 11.2 Å². The Bertz CT molecular complexity index is 700. The smallest absolute Gasteiger partial charge is 0.419 e. The van der Waals surface area contributed by atoms with Gasteiger partial charge in [0.1, 0.15) is 11.4 Å². The molecule has 0 radical (unpaired) electrons. The van der Waals surface area contributed by atoms with Gasteiger partial charge in [-0.25, -0.2) is 13.8 Å². The number of rotatable bonds is 1. The van der Waals surface area contributed by atoms with Crippen LogP contribution in [0.5, 0.6) is 0 Å². The average molecular weight is 317 g/mol. The average Bonchev–Trinajstić information content (AvgIpc) is 2.82. The van der Waals surface area contributed by atoms with Crippen LogP contribution in [0.15, 0.2) is 36.4 Å². The van der Waals surface area contributed by atoms with Gasteiger partial charge < -0.3 is 4.74 Å². The number of nitrogens with zero attached hydrogens (tertiary/aromatic N) is 1. The molecule has 0 saturated heterocycles. The molecule has 23 heavy (non-hydrogen) atoms. The summed E-state index contributed by atoms with van der Waals surface area (Å²) < 4.78 is 20.3. The molecule has 124 valence electrons. The summed E-state index contributed by atoms with van der Waals surface area (Å²) in [5.41, 5.74) is 1.51. The quantitative estimate of drug-likeness (QED) is 0.707. The lowest BCUT2D eigenvalue weighted by atomic mass is 9.92. The third-order valence-electron chi connectivity index (χ3n) is 3.37. The van der Waals surface area contributed by atoms with Crippen LogP contribution >= 0.6 is 0 Å². The molecule has 2 rings (SSSR count). The number of hydrogen-bond acceptors (Lipinski definition) is 2. The van der Waals surface area contributed by atoms with Crippen LogP contribution in [0.4, 0.5) is 9.18 Å². The van der Waals surface area contributed by atoms with Crippen molar-refractivity contribution in [2.75, 3.05) is 0 Å². The zero-order valence-electron chi connectivity index (χ0n) is 14.6. The summed E-state index contributed by atoms with van der Waals surface area (Å²) in [5, 5.41) is 0. The zero-order valence-corrected chi connectivity index (χ0v) is 14.6. The van der Waals surface area contributed by atoms with Crippen molar-refractivity contribution in [2.45, 2.75) is 52.6 Å². The Morgan fingerprint density at radius 1 is 0.957 bits per heavy atom. The Morgan fingerprint density at radius 3 is 2.00 bits per heavy atom. The molecule has 0 aliphatic heterocycles. The molecule has 1 aromatic heterocycles. The van der Waals surface area contributed by atoms with Gasteiger partial charge in [0.15, 0.2) is 0 Å². The van der Waals surface area contributed by atoms with Gasteiger partial charge in [0, 0.05) is 11.1 Å². The van der Waals surface area contributed by atoms with Crippen molar-refractivity contribution >= 4 is 6.09 Å². The van der Waals surface area contributed by atoms with Crippen molar-refractivity contribution in [3.8, 4) is 11.3 Å². The molecule has 0 aliphatic carbocycles. The van der Waals surface area contributed by atoms with E-state index in [0.717, 1.165) is 11.3 Å². The Morgan fingerprint density at radius 2 is 1.52 bits per heavy atom. The SMILES string of the molecule is CC(C)(C)OC(=O)n1c(-c2ccc(F)cc2)ccc1C(C)(C)C. The summed E-state index contributed by atoms with van der Waals surface area (Å²) in [6.07, 6.45) is -0.424. The van der Waals surface area contributed by atoms with Gasteiger partial charge in [0.25, 0.3) is 0 Å². The van der Waals surface area contributed by atoms with Crippen molar-refractivity contribution in [1.29, 1.82) is 0 Å². The van der Waals surface area contributed by atoms with E-state index < -0.39 is 11.7 Å². The monoisotopic (exact) mass is 317 g/mol. The Balaban J connectivity index is 2.58. The number of benzene rings is 1. The van der Waals surface area contributed by atoms with Gasteiger partial charge in [-0.3, -0.25) is 0 Å². The van der Waals surface area contributed by atoms with Crippen LogP contribution < -0.4 is 0 Å². The number of ether oxygens (including phenoxy) is 1. The summed E-state index contributed by atoms with van der Waals surface area (Å²) in [7, 11) is 0. The highest BCUT2D eigenvalue weighted by atomic mass is 19.1. The summed E-state index contributed by atoms with van der Waals surface area (Å²) in [6, 6.07) is 9.90. The molecule has 4 heteroatoms. The molecule has 0 unspecified atom stereocenters. The lowest BCUT2D eigenvalue weighted by molar-refractivity contribution is 0.0531. The minimum atomic E-state index is -0.587. The normalized spacial score (nSPS) is 12.3. The molecule has 0 aliphatic rings. The molecule has 1 aromatic carbocycles. The summed E-state index contributed by atoms with van der Waals surface area (Å²) >= 11 is 0. The van der Waals surface area contributed by atoms with E-state index in [2.05, 4.69) is 0 Å². The van der Waals surface area contributed by atoms with Crippen molar-refractivity contribution in [2.24, 2.45) is 0 Å². The molecule has 2 aromatic rings. The van der Waals surface area contributed by atoms with Crippen molar-refractivity contribution in [3.05, 3.63) is 47.9 Å². The Kier molecular flexibility index (Phi) is 4.38. The van der Waals surface area contributed by atoms with E-state index in [9.17, 15) is 9.18 Å². The van der Waals surface area contributed by atoms with Crippen LogP contribution in [-0.2, 0) is 10.2 Å². The maximum absolute atomic E-state index is 13.2. The van der Waals surface area contributed by atoms with Crippen LogP contribution in [0.3, 0.4) is 0 Å². The van der Waals surface area contributed by atoms with E-state index in [1.807, 2.05) is 53.7 Å². The van der Waals surface area contributed by atoms with E-state index in [1.54, 1.807) is 16.7 Å². The van der Waals surface area contributed by atoms with Crippen molar-refractivity contribution in [3.63, 3.8) is 0 Å². The zero-order chi connectivity index (χ0) is 17.4. The van der Waals surface area contributed by atoms with Crippen molar-refractivity contribution < 1.29 is 13.9 Å². The Labute approximate surface area is 137 Å². The van der Waals surface area contributed by atoms with Gasteiger partial charge in [-0.2, -0.15) is 0 Å². The Hall–Kier alpha value is -2.10. The predicted octanol–water partition coefficient (Wildman–Crippen LogP) is 5.37. The highest BCUT2D eigenvalue weighted by Crippen LogP contribution is 2.31. The van der Waals surface area contributed by atoms with Crippen LogP contribution in [-0.4, -0.2) is 16.3 Å². The first-order valence-electron chi connectivity index (χ1n) is 7.70. The largest absolute Gasteiger partial charge is 0.443 e. The molecular weight excluding hydrogens is 293 g/mol. The number of aromatic nitrogens is 1. The van der Waals surface area contributed by atoms with Crippen molar-refractivity contribution in [1.82, 2.24) is 4.57 Å². The summed E-state index contributed by atoms with van der Waals surface area (Å²) in [6.45, 7) is 11.6. The fourth-order valence-corrected chi connectivity index (χ4v) is 2.37. The summed E-state index contributed by atoms with van der Waals surface area (Å²) in [5.74, 6) is -0.305. The van der Waals surface area contributed by atoms with Gasteiger partial charge in [-0.15, -0.1) is 0 Å². The van der Waals surface area contributed by atoms with Crippen LogP contribution in [0.25, 0.3) is 11.3 Å². The number of halogens is 1. The van der Waals surface area contributed by atoms with Crippen LogP contribution in [0.1, 0.15) is 47.2 Å². The first-order chi connectivity index (χ1) is 10.5. The van der Waals surface area contributed by atoms with Gasteiger partial charge in [-0.1, -0.05) is 20.8 Å². The molecule has 0 fully saturated rings.